The van der Waals surface area contributed by atoms with E-state index in [-0.39, 0.29) is 24.8 Å². The van der Waals surface area contributed by atoms with Crippen molar-refractivity contribution < 1.29 is 19.1 Å². The van der Waals surface area contributed by atoms with Crippen molar-refractivity contribution in [1.82, 2.24) is 10.2 Å². The summed E-state index contributed by atoms with van der Waals surface area (Å²) in [7, 11) is 1.53. The molecule has 2 amide bonds. The van der Waals surface area contributed by atoms with Gasteiger partial charge in [0.05, 0.1) is 12.5 Å². The smallest absolute Gasteiger partial charge is 0.326 e. The van der Waals surface area contributed by atoms with Crippen LogP contribution in [0, 0.1) is 0 Å². The Morgan fingerprint density at radius 1 is 1.20 bits per heavy atom. The van der Waals surface area contributed by atoms with Crippen LogP contribution in [0.15, 0.2) is 24.3 Å². The highest BCUT2D eigenvalue weighted by Gasteiger charge is 2.23. The number of amides is 2. The van der Waals surface area contributed by atoms with E-state index in [1.165, 1.54) is 18.9 Å². The normalized spacial score (nSPS) is 12.2. The van der Waals surface area contributed by atoms with Crippen LogP contribution >= 0.6 is 11.6 Å². The predicted octanol–water partition coefficient (Wildman–Crippen LogP) is 2.71. The number of hydrogen-bond acceptors (Lipinski definition) is 4. The summed E-state index contributed by atoms with van der Waals surface area (Å²) in [5, 5.41) is 3.32. The topological polar surface area (TPSA) is 75.7 Å². The monoisotopic (exact) mass is 368 g/mol. The molecule has 25 heavy (non-hydrogen) atoms. The molecule has 1 rings (SSSR count). The van der Waals surface area contributed by atoms with Gasteiger partial charge in [0.2, 0.25) is 11.8 Å². The molecule has 0 bridgehead atoms. The van der Waals surface area contributed by atoms with Crippen LogP contribution in [0.3, 0.4) is 0 Å². The summed E-state index contributed by atoms with van der Waals surface area (Å²) in [6.07, 6.45) is 0.0283. The summed E-state index contributed by atoms with van der Waals surface area (Å²) in [5.74, 6) is -1.01. The molecule has 0 saturated carbocycles. The van der Waals surface area contributed by atoms with Crippen LogP contribution in [0.1, 0.15) is 45.7 Å². The van der Waals surface area contributed by atoms with Gasteiger partial charge in [0.15, 0.2) is 0 Å². The lowest BCUT2D eigenvalue weighted by Gasteiger charge is -2.24. The Kier molecular flexibility index (Phi) is 7.42. The maximum Gasteiger partial charge on any atom is 0.326 e. The summed E-state index contributed by atoms with van der Waals surface area (Å²) in [4.78, 5) is 37.0. The third-order valence-electron chi connectivity index (χ3n) is 3.24. The van der Waals surface area contributed by atoms with Gasteiger partial charge in [-0.25, -0.2) is 0 Å². The van der Waals surface area contributed by atoms with Crippen molar-refractivity contribution in [3.8, 4) is 0 Å². The van der Waals surface area contributed by atoms with E-state index in [1.54, 1.807) is 45.0 Å². The van der Waals surface area contributed by atoms with Crippen LogP contribution < -0.4 is 5.32 Å². The maximum atomic E-state index is 12.4. The van der Waals surface area contributed by atoms with Crippen molar-refractivity contribution in [2.45, 2.75) is 45.8 Å². The van der Waals surface area contributed by atoms with Crippen molar-refractivity contribution in [1.29, 1.82) is 0 Å². The van der Waals surface area contributed by atoms with Gasteiger partial charge in [0.1, 0.15) is 12.1 Å². The molecule has 0 aliphatic carbocycles. The van der Waals surface area contributed by atoms with E-state index in [0.29, 0.717) is 5.02 Å². The van der Waals surface area contributed by atoms with Crippen molar-refractivity contribution in [3.63, 3.8) is 0 Å². The van der Waals surface area contributed by atoms with E-state index in [9.17, 15) is 14.4 Å². The molecule has 0 fully saturated rings. The molecular formula is C18H25ClN2O4. The minimum Gasteiger partial charge on any atom is -0.459 e. The number of carbonyl (C=O) groups is 3. The molecule has 1 atom stereocenters. The van der Waals surface area contributed by atoms with Gasteiger partial charge >= 0.3 is 5.97 Å². The number of ether oxygens (including phenoxy) is 1. The number of hydrogen-bond donors (Lipinski definition) is 1. The highest BCUT2D eigenvalue weighted by molar-refractivity contribution is 6.30. The summed E-state index contributed by atoms with van der Waals surface area (Å²) >= 11 is 5.87. The summed E-state index contributed by atoms with van der Waals surface area (Å²) < 4.78 is 5.21. The molecule has 0 spiro atoms. The van der Waals surface area contributed by atoms with Crippen LogP contribution in [0.4, 0.5) is 0 Å². The lowest BCUT2D eigenvalue weighted by atomic mass is 10.0. The fourth-order valence-electron chi connectivity index (χ4n) is 2.18. The van der Waals surface area contributed by atoms with Gasteiger partial charge in [0, 0.05) is 19.0 Å². The third kappa shape index (κ3) is 8.03. The Balaban J connectivity index is 2.75. The number of nitrogens with zero attached hydrogens (tertiary/aromatic N) is 1. The van der Waals surface area contributed by atoms with Crippen LogP contribution in [0.25, 0.3) is 0 Å². The largest absolute Gasteiger partial charge is 0.459 e. The Labute approximate surface area is 153 Å². The molecule has 6 nitrogen and oxygen atoms in total. The molecule has 1 aromatic rings. The predicted molar refractivity (Wildman–Crippen MR) is 96.1 cm³/mol. The highest BCUT2D eigenvalue weighted by Crippen LogP contribution is 2.20. The molecule has 0 aliphatic heterocycles. The van der Waals surface area contributed by atoms with E-state index in [1.807, 2.05) is 0 Å². The second kappa shape index (κ2) is 8.85. The molecule has 7 heteroatoms. The third-order valence-corrected chi connectivity index (χ3v) is 3.49. The first-order chi connectivity index (χ1) is 11.5. The van der Waals surface area contributed by atoms with E-state index in [4.69, 9.17) is 16.3 Å². The van der Waals surface area contributed by atoms with Gasteiger partial charge in [-0.05, 0) is 38.5 Å². The SMILES string of the molecule is CC(=O)NC(CC(=O)N(C)CC(=O)OC(C)(C)C)c1ccc(Cl)cc1. The number of esters is 1. The van der Waals surface area contributed by atoms with Gasteiger partial charge < -0.3 is 15.0 Å². The lowest BCUT2D eigenvalue weighted by molar-refractivity contribution is -0.158. The molecule has 0 radical (unpaired) electrons. The Morgan fingerprint density at radius 2 is 1.76 bits per heavy atom. The molecule has 1 aromatic carbocycles. The minimum atomic E-state index is -0.608. The van der Waals surface area contributed by atoms with Gasteiger partial charge in [-0.3, -0.25) is 14.4 Å². The van der Waals surface area contributed by atoms with Crippen LogP contribution in [-0.2, 0) is 19.1 Å². The van der Waals surface area contributed by atoms with Gasteiger partial charge in [-0.15, -0.1) is 0 Å². The Morgan fingerprint density at radius 3 is 2.24 bits per heavy atom. The van der Waals surface area contributed by atoms with Gasteiger partial charge in [-0.2, -0.15) is 0 Å². The summed E-state index contributed by atoms with van der Waals surface area (Å²) in [6, 6.07) is 6.40. The number of nitrogens with one attached hydrogen (secondary N) is 1. The fourth-order valence-corrected chi connectivity index (χ4v) is 2.30. The second-order valence-corrected chi connectivity index (χ2v) is 7.28. The zero-order chi connectivity index (χ0) is 19.2. The van der Waals surface area contributed by atoms with E-state index < -0.39 is 17.6 Å². The second-order valence-electron chi connectivity index (χ2n) is 6.85. The van der Waals surface area contributed by atoms with Crippen LogP contribution in [0.2, 0.25) is 5.02 Å². The van der Waals surface area contributed by atoms with Gasteiger partial charge in [0.25, 0.3) is 0 Å². The van der Waals surface area contributed by atoms with Crippen LogP contribution in [0.5, 0.6) is 0 Å². The van der Waals surface area contributed by atoms with Crippen LogP contribution in [-0.4, -0.2) is 41.9 Å². The molecule has 0 aromatic heterocycles. The Bertz CT molecular complexity index is 623. The number of carbonyl (C=O) groups excluding carboxylic acids is 3. The van der Waals surface area contributed by atoms with Crippen molar-refractivity contribution in [3.05, 3.63) is 34.9 Å². The van der Waals surface area contributed by atoms with Crippen molar-refractivity contribution >= 4 is 29.4 Å². The highest BCUT2D eigenvalue weighted by atomic mass is 35.5. The standard InChI is InChI=1S/C18H25ClN2O4/c1-12(22)20-15(13-6-8-14(19)9-7-13)10-16(23)21(5)11-17(24)25-18(2,3)4/h6-9,15H,10-11H2,1-5H3,(H,20,22). The number of likely N-dealkylation sites (N-methyl/N-ethyl adjacent to an activating group) is 1. The first-order valence-electron chi connectivity index (χ1n) is 7.96. The van der Waals surface area contributed by atoms with E-state index in [2.05, 4.69) is 5.32 Å². The summed E-state index contributed by atoms with van der Waals surface area (Å²) in [6.45, 7) is 6.53. The Hall–Kier alpha value is -2.08. The zero-order valence-corrected chi connectivity index (χ0v) is 16.0. The molecule has 1 N–H and O–H groups in total. The number of halogens is 1. The summed E-state index contributed by atoms with van der Waals surface area (Å²) in [5.41, 5.74) is 0.154. The average molecular weight is 369 g/mol. The first kappa shape index (κ1) is 21.0. The number of rotatable bonds is 6. The van der Waals surface area contributed by atoms with Crippen molar-refractivity contribution in [2.24, 2.45) is 0 Å². The maximum absolute atomic E-state index is 12.4. The molecule has 138 valence electrons. The van der Waals surface area contributed by atoms with E-state index in [0.717, 1.165) is 5.56 Å². The molecule has 1 unspecified atom stereocenters. The number of benzene rings is 1. The average Bonchev–Trinajstić information content (AvgIpc) is 2.44. The van der Waals surface area contributed by atoms with Crippen molar-refractivity contribution in [2.75, 3.05) is 13.6 Å². The molecule has 0 aliphatic rings. The molecule has 0 heterocycles. The minimum absolute atomic E-state index is 0.0283. The first-order valence-corrected chi connectivity index (χ1v) is 8.34. The van der Waals surface area contributed by atoms with E-state index >= 15 is 0 Å². The zero-order valence-electron chi connectivity index (χ0n) is 15.3. The fraction of sp³-hybridized carbons (Fsp3) is 0.500. The quantitative estimate of drug-likeness (QED) is 0.783. The molecular weight excluding hydrogens is 344 g/mol. The molecule has 0 saturated heterocycles. The van der Waals surface area contributed by atoms with Gasteiger partial charge in [-0.1, -0.05) is 23.7 Å². The lowest BCUT2D eigenvalue weighted by Crippen LogP contribution is -2.38.